The van der Waals surface area contributed by atoms with Crippen molar-refractivity contribution < 1.29 is 23.4 Å². The number of hydrogen-bond acceptors (Lipinski definition) is 6. The quantitative estimate of drug-likeness (QED) is 0.648. The van der Waals surface area contributed by atoms with E-state index in [0.29, 0.717) is 0 Å². The average Bonchev–Trinajstić information content (AvgIpc) is 2.24. The second-order valence-electron chi connectivity index (χ2n) is 8.11. The summed E-state index contributed by atoms with van der Waals surface area (Å²) >= 11 is -3.76. The Morgan fingerprint density at radius 3 is 0.864 bits per heavy atom. The molecule has 0 aliphatic carbocycles. The molecule has 0 atom stereocenters. The van der Waals surface area contributed by atoms with Crippen molar-refractivity contribution >= 4 is 39.4 Å². The first-order valence-corrected chi connectivity index (χ1v) is 10.1. The summed E-state index contributed by atoms with van der Waals surface area (Å²) in [6.45, 7) is 15.0. The molecule has 0 heterocycles. The van der Waals surface area contributed by atoms with Gasteiger partial charge in [-0.05, 0) is 0 Å². The number of hydrogen-bond donors (Lipinski definition) is 0. The predicted octanol–water partition coefficient (Wildman–Crippen LogP) is 2.74. The molecule has 7 heteroatoms. The molecular formula is C15H27O6Sb. The SMILES string of the molecule is CC(C)(C)C(=O)[O][Sb]([O]C(=O)C(C)(C)C)[O]C(=O)C(C)(C)C. The van der Waals surface area contributed by atoms with Crippen molar-refractivity contribution in [3.63, 3.8) is 0 Å². The summed E-state index contributed by atoms with van der Waals surface area (Å²) in [5, 5.41) is 0. The first kappa shape index (κ1) is 21.2. The van der Waals surface area contributed by atoms with E-state index in [1.54, 1.807) is 62.3 Å². The monoisotopic (exact) mass is 424 g/mol. The zero-order valence-corrected chi connectivity index (χ0v) is 17.4. The normalized spacial score (nSPS) is 12.8. The first-order valence-electron chi connectivity index (χ1n) is 7.02. The van der Waals surface area contributed by atoms with E-state index in [0.717, 1.165) is 0 Å². The first-order chi connectivity index (χ1) is 9.55. The summed E-state index contributed by atoms with van der Waals surface area (Å²) in [6.07, 6.45) is 0. The molecule has 0 bridgehead atoms. The number of rotatable bonds is 3. The molecule has 6 nitrogen and oxygen atoms in total. The van der Waals surface area contributed by atoms with E-state index in [1.807, 2.05) is 0 Å². The van der Waals surface area contributed by atoms with Crippen LogP contribution in [0.25, 0.3) is 0 Å². The molecule has 0 fully saturated rings. The van der Waals surface area contributed by atoms with Crippen LogP contribution in [0.5, 0.6) is 0 Å². The molecule has 0 saturated carbocycles. The Hall–Kier alpha value is -0.772. The molecule has 0 rings (SSSR count). The van der Waals surface area contributed by atoms with Gasteiger partial charge in [0.25, 0.3) is 0 Å². The Labute approximate surface area is 141 Å². The van der Waals surface area contributed by atoms with Crippen LogP contribution in [-0.4, -0.2) is 39.4 Å². The molecule has 0 amide bonds. The van der Waals surface area contributed by atoms with Crippen molar-refractivity contribution in [3.8, 4) is 0 Å². The van der Waals surface area contributed by atoms with Crippen LogP contribution in [0.4, 0.5) is 0 Å². The molecule has 0 aromatic rings. The predicted molar refractivity (Wildman–Crippen MR) is 82.4 cm³/mol. The second kappa shape index (κ2) is 7.20. The minimum atomic E-state index is -3.76. The third-order valence-corrected chi connectivity index (χ3v) is 5.01. The molecule has 0 aromatic heterocycles. The van der Waals surface area contributed by atoms with E-state index in [9.17, 15) is 14.4 Å². The second-order valence-corrected chi connectivity index (χ2v) is 10.9. The molecule has 0 saturated heterocycles. The van der Waals surface area contributed by atoms with E-state index in [-0.39, 0.29) is 0 Å². The van der Waals surface area contributed by atoms with Crippen molar-refractivity contribution in [2.75, 3.05) is 0 Å². The zero-order chi connectivity index (χ0) is 17.9. The molecule has 0 N–H and O–H groups in total. The van der Waals surface area contributed by atoms with Crippen LogP contribution < -0.4 is 0 Å². The standard InChI is InChI=1S/3C5H10O2.Sb/c3*1-5(2,3)4(6)7;/h3*1-3H3,(H,6,7);/q;;;+3/p-3. The summed E-state index contributed by atoms with van der Waals surface area (Å²) in [4.78, 5) is 35.9. The van der Waals surface area contributed by atoms with Gasteiger partial charge in [-0.1, -0.05) is 0 Å². The van der Waals surface area contributed by atoms with Gasteiger partial charge in [-0.15, -0.1) is 0 Å². The van der Waals surface area contributed by atoms with Crippen molar-refractivity contribution in [3.05, 3.63) is 0 Å². The minimum absolute atomic E-state index is 0.557. The molecular weight excluding hydrogens is 398 g/mol. The van der Waals surface area contributed by atoms with Gasteiger partial charge in [0.05, 0.1) is 0 Å². The number of carbonyl (C=O) groups excluding carboxylic acids is 3. The van der Waals surface area contributed by atoms with Crippen LogP contribution >= 0.6 is 0 Å². The Morgan fingerprint density at radius 2 is 0.727 bits per heavy atom. The summed E-state index contributed by atoms with van der Waals surface area (Å²) < 4.78 is 15.6. The van der Waals surface area contributed by atoms with Crippen molar-refractivity contribution in [2.45, 2.75) is 62.3 Å². The summed E-state index contributed by atoms with van der Waals surface area (Å²) in [5.74, 6) is -1.67. The molecule has 22 heavy (non-hydrogen) atoms. The van der Waals surface area contributed by atoms with Crippen LogP contribution in [0.2, 0.25) is 0 Å². The van der Waals surface area contributed by atoms with E-state index in [1.165, 1.54) is 0 Å². The summed E-state index contributed by atoms with van der Waals surface area (Å²) in [5.41, 5.74) is -2.32. The van der Waals surface area contributed by atoms with Gasteiger partial charge < -0.3 is 0 Å². The number of carbonyl (C=O) groups is 3. The van der Waals surface area contributed by atoms with Gasteiger partial charge in [-0.2, -0.15) is 0 Å². The van der Waals surface area contributed by atoms with Crippen LogP contribution in [0.1, 0.15) is 62.3 Å². The zero-order valence-electron chi connectivity index (χ0n) is 14.9. The third-order valence-electron chi connectivity index (χ3n) is 2.31. The van der Waals surface area contributed by atoms with E-state index < -0.39 is 55.6 Å². The summed E-state index contributed by atoms with van der Waals surface area (Å²) in [7, 11) is 0. The van der Waals surface area contributed by atoms with E-state index in [4.69, 9.17) is 9.05 Å². The Bertz CT molecular complexity index is 370. The van der Waals surface area contributed by atoms with Gasteiger partial charge in [-0.25, -0.2) is 0 Å². The van der Waals surface area contributed by atoms with Gasteiger partial charge in [0.1, 0.15) is 0 Å². The van der Waals surface area contributed by atoms with Gasteiger partial charge in [0, 0.05) is 0 Å². The van der Waals surface area contributed by atoms with Gasteiger partial charge in [0.15, 0.2) is 0 Å². The van der Waals surface area contributed by atoms with Crippen LogP contribution in [0, 0.1) is 16.2 Å². The van der Waals surface area contributed by atoms with Crippen molar-refractivity contribution in [2.24, 2.45) is 16.2 Å². The average molecular weight is 425 g/mol. The van der Waals surface area contributed by atoms with E-state index in [2.05, 4.69) is 0 Å². The van der Waals surface area contributed by atoms with E-state index >= 15 is 0 Å². The van der Waals surface area contributed by atoms with Gasteiger partial charge in [-0.3, -0.25) is 0 Å². The summed E-state index contributed by atoms with van der Waals surface area (Å²) in [6, 6.07) is 0. The van der Waals surface area contributed by atoms with Crippen molar-refractivity contribution in [1.29, 1.82) is 0 Å². The Balaban J connectivity index is 5.12. The molecule has 0 spiro atoms. The fraction of sp³-hybridized carbons (Fsp3) is 0.800. The molecule has 0 aliphatic rings. The van der Waals surface area contributed by atoms with Crippen LogP contribution in [0.3, 0.4) is 0 Å². The van der Waals surface area contributed by atoms with Crippen LogP contribution in [0.15, 0.2) is 0 Å². The Kier molecular flexibility index (Phi) is 6.95. The third kappa shape index (κ3) is 7.48. The fourth-order valence-corrected chi connectivity index (χ4v) is 4.49. The maximum absolute atomic E-state index is 12.0. The molecule has 0 radical (unpaired) electrons. The topological polar surface area (TPSA) is 78.9 Å². The molecule has 128 valence electrons. The molecule has 0 aliphatic heterocycles. The van der Waals surface area contributed by atoms with Crippen LogP contribution in [-0.2, 0) is 23.4 Å². The van der Waals surface area contributed by atoms with Crippen molar-refractivity contribution in [1.82, 2.24) is 0 Å². The van der Waals surface area contributed by atoms with Gasteiger partial charge in [0.2, 0.25) is 0 Å². The molecule has 0 aromatic carbocycles. The fourth-order valence-electron chi connectivity index (χ4n) is 0.670. The van der Waals surface area contributed by atoms with Gasteiger partial charge >= 0.3 is 141 Å². The maximum atomic E-state index is 12.0. The Morgan fingerprint density at radius 1 is 0.545 bits per heavy atom. The molecule has 0 unspecified atom stereocenters.